The number of nitrogens with zero attached hydrogens (tertiary/aromatic N) is 4. The van der Waals surface area contributed by atoms with Crippen molar-refractivity contribution in [3.05, 3.63) is 42.5 Å². The Morgan fingerprint density at radius 3 is 2.50 bits per heavy atom. The highest BCUT2D eigenvalue weighted by Gasteiger charge is 2.24. The Labute approximate surface area is 161 Å². The monoisotopic (exact) mass is 380 g/mol. The number of ether oxygens (including phenoxy) is 1. The molecule has 2 heterocycles. The van der Waals surface area contributed by atoms with E-state index in [9.17, 15) is 4.79 Å². The van der Waals surface area contributed by atoms with E-state index in [0.29, 0.717) is 22.9 Å². The fraction of sp³-hybridized carbons (Fsp3) is 0.316. The summed E-state index contributed by atoms with van der Waals surface area (Å²) in [5.41, 5.74) is 8.06. The molecule has 9 heteroatoms. The SMILES string of the molecule is Nc1cc(OC2CCC(Nc3ncc(C(=O)O)cn3)CC2)c2nccnc2c1. The van der Waals surface area contributed by atoms with E-state index in [1.165, 1.54) is 12.4 Å². The first-order valence-electron chi connectivity index (χ1n) is 9.07. The van der Waals surface area contributed by atoms with Crippen LogP contribution in [-0.2, 0) is 0 Å². The maximum Gasteiger partial charge on any atom is 0.338 e. The number of hydrogen-bond acceptors (Lipinski definition) is 8. The number of nitrogens with two attached hydrogens (primary N) is 1. The average Bonchev–Trinajstić information content (AvgIpc) is 2.70. The molecular weight excluding hydrogens is 360 g/mol. The fourth-order valence-electron chi connectivity index (χ4n) is 3.35. The number of aromatic carboxylic acids is 1. The quantitative estimate of drug-likeness (QED) is 0.570. The third-order valence-electron chi connectivity index (χ3n) is 4.76. The molecule has 28 heavy (non-hydrogen) atoms. The average molecular weight is 380 g/mol. The maximum atomic E-state index is 10.9. The molecule has 1 saturated carbocycles. The third-order valence-corrected chi connectivity index (χ3v) is 4.76. The van der Waals surface area contributed by atoms with Gasteiger partial charge < -0.3 is 20.9 Å². The van der Waals surface area contributed by atoms with E-state index < -0.39 is 5.97 Å². The molecule has 0 saturated heterocycles. The molecule has 144 valence electrons. The van der Waals surface area contributed by atoms with E-state index in [-0.39, 0.29) is 17.7 Å². The van der Waals surface area contributed by atoms with Crippen molar-refractivity contribution in [3.8, 4) is 5.75 Å². The van der Waals surface area contributed by atoms with Gasteiger partial charge in [-0.1, -0.05) is 0 Å². The summed E-state index contributed by atoms with van der Waals surface area (Å²) in [6.45, 7) is 0. The van der Waals surface area contributed by atoms with Crippen molar-refractivity contribution in [2.45, 2.75) is 37.8 Å². The number of benzene rings is 1. The number of nitrogens with one attached hydrogen (secondary N) is 1. The summed E-state index contributed by atoms with van der Waals surface area (Å²) >= 11 is 0. The van der Waals surface area contributed by atoms with E-state index in [2.05, 4.69) is 25.3 Å². The van der Waals surface area contributed by atoms with Crippen molar-refractivity contribution in [3.63, 3.8) is 0 Å². The highest BCUT2D eigenvalue weighted by atomic mass is 16.5. The molecule has 0 spiro atoms. The summed E-state index contributed by atoms with van der Waals surface area (Å²) in [5.74, 6) is 0.0570. The Morgan fingerprint density at radius 2 is 1.79 bits per heavy atom. The Bertz CT molecular complexity index is 987. The smallest absolute Gasteiger partial charge is 0.338 e. The van der Waals surface area contributed by atoms with Gasteiger partial charge in [-0.05, 0) is 31.7 Å². The molecule has 1 fully saturated rings. The van der Waals surface area contributed by atoms with E-state index in [4.69, 9.17) is 15.6 Å². The first-order chi connectivity index (χ1) is 13.6. The minimum atomic E-state index is -1.04. The van der Waals surface area contributed by atoms with Gasteiger partial charge in [-0.2, -0.15) is 0 Å². The van der Waals surface area contributed by atoms with E-state index in [1.807, 2.05) is 0 Å². The first-order valence-corrected chi connectivity index (χ1v) is 9.07. The molecule has 1 aliphatic rings. The summed E-state index contributed by atoms with van der Waals surface area (Å²) in [6.07, 6.45) is 9.45. The van der Waals surface area contributed by atoms with Gasteiger partial charge in [0.15, 0.2) is 0 Å². The van der Waals surface area contributed by atoms with Gasteiger partial charge in [0.2, 0.25) is 5.95 Å². The zero-order valence-corrected chi connectivity index (χ0v) is 15.1. The zero-order chi connectivity index (χ0) is 19.5. The number of aromatic nitrogens is 4. The Morgan fingerprint density at radius 1 is 1.07 bits per heavy atom. The predicted octanol–water partition coefficient (Wildman–Crippen LogP) is 2.50. The number of rotatable bonds is 5. The van der Waals surface area contributed by atoms with Crippen LogP contribution in [0.3, 0.4) is 0 Å². The standard InChI is InChI=1S/C19H20N6O3/c20-12-7-15-17(22-6-5-21-15)16(8-12)28-14-3-1-13(2-4-14)25-19-23-9-11(10-24-19)18(26)27/h5-10,13-14H,1-4,20H2,(H,26,27)(H,23,24,25). The van der Waals surface area contributed by atoms with Crippen LogP contribution in [0.4, 0.5) is 11.6 Å². The molecule has 9 nitrogen and oxygen atoms in total. The molecule has 3 aromatic rings. The van der Waals surface area contributed by atoms with Crippen molar-refractivity contribution in [1.82, 2.24) is 19.9 Å². The van der Waals surface area contributed by atoms with Crippen molar-refractivity contribution in [2.75, 3.05) is 11.1 Å². The molecule has 4 rings (SSSR count). The number of carboxylic acids is 1. The molecule has 4 N–H and O–H groups in total. The van der Waals surface area contributed by atoms with Gasteiger partial charge >= 0.3 is 5.97 Å². The third kappa shape index (κ3) is 3.93. The van der Waals surface area contributed by atoms with Crippen LogP contribution in [0, 0.1) is 0 Å². The lowest BCUT2D eigenvalue weighted by Gasteiger charge is -2.29. The lowest BCUT2D eigenvalue weighted by Crippen LogP contribution is -2.31. The number of anilines is 2. The van der Waals surface area contributed by atoms with E-state index >= 15 is 0 Å². The molecule has 0 unspecified atom stereocenters. The van der Waals surface area contributed by atoms with Gasteiger partial charge in [-0.25, -0.2) is 19.7 Å². The van der Waals surface area contributed by atoms with Crippen LogP contribution in [-0.4, -0.2) is 43.2 Å². The summed E-state index contributed by atoms with van der Waals surface area (Å²) in [4.78, 5) is 27.6. The number of nitrogen functional groups attached to an aromatic ring is 1. The molecular formula is C19H20N6O3. The Hall–Kier alpha value is -3.49. The second-order valence-corrected chi connectivity index (χ2v) is 6.78. The van der Waals surface area contributed by atoms with Crippen LogP contribution in [0.2, 0.25) is 0 Å². The fourth-order valence-corrected chi connectivity index (χ4v) is 3.35. The molecule has 0 atom stereocenters. The van der Waals surface area contributed by atoms with Gasteiger partial charge in [-0.3, -0.25) is 4.98 Å². The van der Waals surface area contributed by atoms with Gasteiger partial charge in [-0.15, -0.1) is 0 Å². The van der Waals surface area contributed by atoms with Gasteiger partial charge in [0.1, 0.15) is 11.3 Å². The van der Waals surface area contributed by atoms with Crippen LogP contribution in [0.5, 0.6) is 5.75 Å². The zero-order valence-electron chi connectivity index (χ0n) is 15.1. The van der Waals surface area contributed by atoms with Crippen molar-refractivity contribution in [1.29, 1.82) is 0 Å². The normalized spacial score (nSPS) is 19.3. The van der Waals surface area contributed by atoms with Gasteiger partial charge in [0, 0.05) is 42.6 Å². The number of hydrogen-bond donors (Lipinski definition) is 3. The molecule has 0 aliphatic heterocycles. The van der Waals surface area contributed by atoms with E-state index in [1.54, 1.807) is 24.5 Å². The number of carboxylic acid groups (broad SMARTS) is 1. The second kappa shape index (κ2) is 7.63. The summed E-state index contributed by atoms with van der Waals surface area (Å²) in [5, 5.41) is 12.2. The van der Waals surface area contributed by atoms with Crippen LogP contribution in [0.15, 0.2) is 36.9 Å². The van der Waals surface area contributed by atoms with Crippen molar-refractivity contribution in [2.24, 2.45) is 0 Å². The number of fused-ring (bicyclic) bond motifs is 1. The van der Waals surface area contributed by atoms with Crippen LogP contribution < -0.4 is 15.8 Å². The highest BCUT2D eigenvalue weighted by Crippen LogP contribution is 2.30. The summed E-state index contributed by atoms with van der Waals surface area (Å²) in [6, 6.07) is 3.79. The number of carbonyl (C=O) groups is 1. The largest absolute Gasteiger partial charge is 0.488 e. The first kappa shape index (κ1) is 17.9. The summed E-state index contributed by atoms with van der Waals surface area (Å²) < 4.78 is 6.18. The van der Waals surface area contributed by atoms with Crippen LogP contribution >= 0.6 is 0 Å². The Kier molecular flexibility index (Phi) is 4.88. The van der Waals surface area contributed by atoms with Crippen molar-refractivity contribution < 1.29 is 14.6 Å². The van der Waals surface area contributed by atoms with Crippen molar-refractivity contribution >= 4 is 28.6 Å². The maximum absolute atomic E-state index is 10.9. The van der Waals surface area contributed by atoms with Crippen LogP contribution in [0.1, 0.15) is 36.0 Å². The predicted molar refractivity (Wildman–Crippen MR) is 103 cm³/mol. The lowest BCUT2D eigenvalue weighted by molar-refractivity contribution is 0.0696. The molecule has 0 radical (unpaired) electrons. The Balaban J connectivity index is 1.36. The molecule has 0 amide bonds. The minimum absolute atomic E-state index is 0.0696. The summed E-state index contributed by atoms with van der Waals surface area (Å²) in [7, 11) is 0. The minimum Gasteiger partial charge on any atom is -0.488 e. The van der Waals surface area contributed by atoms with Gasteiger partial charge in [0.05, 0.1) is 17.2 Å². The molecule has 2 aromatic heterocycles. The van der Waals surface area contributed by atoms with Crippen LogP contribution in [0.25, 0.3) is 11.0 Å². The second-order valence-electron chi connectivity index (χ2n) is 6.78. The lowest BCUT2D eigenvalue weighted by atomic mass is 9.93. The topological polar surface area (TPSA) is 136 Å². The van der Waals surface area contributed by atoms with E-state index in [0.717, 1.165) is 31.2 Å². The highest BCUT2D eigenvalue weighted by molar-refractivity contribution is 5.86. The molecule has 1 aliphatic carbocycles. The molecule has 1 aromatic carbocycles. The van der Waals surface area contributed by atoms with Gasteiger partial charge in [0.25, 0.3) is 0 Å². The molecule has 0 bridgehead atoms.